The first-order valence-corrected chi connectivity index (χ1v) is 5.68. The summed E-state index contributed by atoms with van der Waals surface area (Å²) < 4.78 is 6.69. The molecule has 0 heterocycles. The first-order chi connectivity index (χ1) is 7.00. The Labute approximate surface area is 104 Å². The highest BCUT2D eigenvalue weighted by atomic mass is 79.9. The van der Waals surface area contributed by atoms with Crippen LogP contribution >= 0.6 is 31.9 Å². The molecule has 6 heteroatoms. The van der Waals surface area contributed by atoms with Crippen molar-refractivity contribution in [2.45, 2.75) is 6.42 Å². The Morgan fingerprint density at radius 2 is 1.93 bits per heavy atom. The van der Waals surface area contributed by atoms with Crippen LogP contribution in [0, 0.1) is 0 Å². The normalized spacial score (nSPS) is 10.0. The van der Waals surface area contributed by atoms with Gasteiger partial charge in [0, 0.05) is 5.69 Å². The molecule has 0 radical (unpaired) electrons. The van der Waals surface area contributed by atoms with E-state index in [0.717, 1.165) is 0 Å². The molecular weight excluding hydrogens is 330 g/mol. The average molecular weight is 339 g/mol. The highest BCUT2D eigenvalue weighted by molar-refractivity contribution is 9.11. The van der Waals surface area contributed by atoms with Gasteiger partial charge in [-0.05, 0) is 44.0 Å². The SMILES string of the molecule is Nc1cc(Br)c(OCCC(=O)O)c(Br)c1. The molecule has 0 bridgehead atoms. The van der Waals surface area contributed by atoms with Crippen LogP contribution in [0.3, 0.4) is 0 Å². The van der Waals surface area contributed by atoms with E-state index in [4.69, 9.17) is 15.6 Å². The summed E-state index contributed by atoms with van der Waals surface area (Å²) in [7, 11) is 0. The molecule has 0 atom stereocenters. The molecule has 82 valence electrons. The number of halogens is 2. The lowest BCUT2D eigenvalue weighted by Gasteiger charge is -2.09. The Bertz CT molecular complexity index is 359. The molecule has 3 N–H and O–H groups in total. The molecule has 0 aliphatic carbocycles. The van der Waals surface area contributed by atoms with E-state index in [1.807, 2.05) is 0 Å². The summed E-state index contributed by atoms with van der Waals surface area (Å²) in [6.45, 7) is 0.121. The summed E-state index contributed by atoms with van der Waals surface area (Å²) in [4.78, 5) is 10.3. The van der Waals surface area contributed by atoms with Crippen LogP contribution in [0.1, 0.15) is 6.42 Å². The summed E-state index contributed by atoms with van der Waals surface area (Å²) in [6.07, 6.45) is -0.0384. The van der Waals surface area contributed by atoms with Gasteiger partial charge >= 0.3 is 5.97 Å². The van der Waals surface area contributed by atoms with Crippen LogP contribution in [0.25, 0.3) is 0 Å². The fourth-order valence-electron chi connectivity index (χ4n) is 0.958. The number of hydrogen-bond acceptors (Lipinski definition) is 3. The summed E-state index contributed by atoms with van der Waals surface area (Å²) in [5, 5.41) is 8.45. The average Bonchev–Trinajstić information content (AvgIpc) is 2.08. The quantitative estimate of drug-likeness (QED) is 0.828. The first-order valence-electron chi connectivity index (χ1n) is 4.10. The van der Waals surface area contributed by atoms with E-state index in [2.05, 4.69) is 31.9 Å². The molecule has 0 fully saturated rings. The maximum atomic E-state index is 10.3. The number of nitrogen functional groups attached to an aromatic ring is 1. The number of benzene rings is 1. The Kier molecular flexibility index (Phi) is 4.41. The third-order valence-electron chi connectivity index (χ3n) is 1.58. The summed E-state index contributed by atoms with van der Waals surface area (Å²) >= 11 is 6.57. The van der Waals surface area contributed by atoms with Gasteiger partial charge in [0.15, 0.2) is 0 Å². The second-order valence-electron chi connectivity index (χ2n) is 2.81. The van der Waals surface area contributed by atoms with E-state index in [1.165, 1.54) is 0 Å². The Morgan fingerprint density at radius 1 is 1.40 bits per heavy atom. The van der Waals surface area contributed by atoms with Gasteiger partial charge < -0.3 is 15.6 Å². The van der Waals surface area contributed by atoms with E-state index in [0.29, 0.717) is 20.4 Å². The predicted molar refractivity (Wildman–Crippen MR) is 64.0 cm³/mol. The van der Waals surface area contributed by atoms with Crippen LogP contribution in [0.2, 0.25) is 0 Å². The first kappa shape index (κ1) is 12.3. The second kappa shape index (κ2) is 5.37. The summed E-state index contributed by atoms with van der Waals surface area (Å²) in [5.74, 6) is -0.330. The molecule has 0 amide bonds. The van der Waals surface area contributed by atoms with Gasteiger partial charge in [-0.25, -0.2) is 0 Å². The van der Waals surface area contributed by atoms with Crippen molar-refractivity contribution >= 4 is 43.5 Å². The van der Waals surface area contributed by atoms with Crippen LogP contribution in [0.15, 0.2) is 21.1 Å². The molecule has 0 saturated carbocycles. The third-order valence-corrected chi connectivity index (χ3v) is 2.76. The fourth-order valence-corrected chi connectivity index (χ4v) is 2.41. The smallest absolute Gasteiger partial charge is 0.306 e. The van der Waals surface area contributed by atoms with E-state index >= 15 is 0 Å². The maximum Gasteiger partial charge on any atom is 0.306 e. The van der Waals surface area contributed by atoms with Crippen molar-refractivity contribution in [3.05, 3.63) is 21.1 Å². The number of rotatable bonds is 4. The van der Waals surface area contributed by atoms with Crippen molar-refractivity contribution in [1.29, 1.82) is 0 Å². The zero-order chi connectivity index (χ0) is 11.4. The lowest BCUT2D eigenvalue weighted by Crippen LogP contribution is -2.05. The van der Waals surface area contributed by atoms with Crippen LogP contribution < -0.4 is 10.5 Å². The predicted octanol–water partition coefficient (Wildman–Crippen LogP) is 2.65. The maximum absolute atomic E-state index is 10.3. The number of hydrogen-bond donors (Lipinski definition) is 2. The van der Waals surface area contributed by atoms with Crippen molar-refractivity contribution < 1.29 is 14.6 Å². The molecule has 1 aromatic rings. The molecule has 0 aromatic heterocycles. The van der Waals surface area contributed by atoms with Gasteiger partial charge in [-0.3, -0.25) is 4.79 Å². The minimum atomic E-state index is -0.891. The van der Waals surface area contributed by atoms with Crippen molar-refractivity contribution in [2.75, 3.05) is 12.3 Å². The number of carboxylic acids is 1. The molecule has 4 nitrogen and oxygen atoms in total. The highest BCUT2D eigenvalue weighted by Gasteiger charge is 2.08. The monoisotopic (exact) mass is 337 g/mol. The number of carboxylic acid groups (broad SMARTS) is 1. The third kappa shape index (κ3) is 3.71. The van der Waals surface area contributed by atoms with Crippen LogP contribution in [-0.4, -0.2) is 17.7 Å². The number of ether oxygens (including phenoxy) is 1. The van der Waals surface area contributed by atoms with Gasteiger partial charge in [0.05, 0.1) is 22.0 Å². The number of carbonyl (C=O) groups is 1. The molecular formula is C9H9Br2NO3. The molecule has 1 rings (SSSR count). The second-order valence-corrected chi connectivity index (χ2v) is 4.51. The number of aliphatic carboxylic acids is 1. The Hall–Kier alpha value is -0.750. The molecule has 0 unspecified atom stereocenters. The van der Waals surface area contributed by atoms with Crippen molar-refractivity contribution in [1.82, 2.24) is 0 Å². The molecule has 0 aliphatic rings. The van der Waals surface area contributed by atoms with Gasteiger partial charge in [-0.15, -0.1) is 0 Å². The number of nitrogens with two attached hydrogens (primary N) is 1. The molecule has 0 saturated heterocycles. The lowest BCUT2D eigenvalue weighted by atomic mass is 10.3. The van der Waals surface area contributed by atoms with Crippen molar-refractivity contribution in [2.24, 2.45) is 0 Å². The van der Waals surface area contributed by atoms with E-state index in [-0.39, 0.29) is 13.0 Å². The largest absolute Gasteiger partial charge is 0.491 e. The van der Waals surface area contributed by atoms with Crippen LogP contribution in [0.4, 0.5) is 5.69 Å². The fraction of sp³-hybridized carbons (Fsp3) is 0.222. The van der Waals surface area contributed by atoms with Gasteiger partial charge in [-0.2, -0.15) is 0 Å². The summed E-state index contributed by atoms with van der Waals surface area (Å²) in [5.41, 5.74) is 6.19. The van der Waals surface area contributed by atoms with Crippen LogP contribution in [0.5, 0.6) is 5.75 Å². The minimum Gasteiger partial charge on any atom is -0.491 e. The molecule has 1 aromatic carbocycles. The summed E-state index contributed by atoms with van der Waals surface area (Å²) in [6, 6.07) is 3.39. The molecule has 0 spiro atoms. The lowest BCUT2D eigenvalue weighted by molar-refractivity contribution is -0.137. The van der Waals surface area contributed by atoms with Gasteiger partial charge in [0.2, 0.25) is 0 Å². The van der Waals surface area contributed by atoms with Gasteiger partial charge in [0.25, 0.3) is 0 Å². The topological polar surface area (TPSA) is 72.5 Å². The zero-order valence-electron chi connectivity index (χ0n) is 7.67. The van der Waals surface area contributed by atoms with E-state index in [9.17, 15) is 4.79 Å². The van der Waals surface area contributed by atoms with Crippen molar-refractivity contribution in [3.63, 3.8) is 0 Å². The van der Waals surface area contributed by atoms with E-state index in [1.54, 1.807) is 12.1 Å². The van der Waals surface area contributed by atoms with E-state index < -0.39 is 5.97 Å². The Balaban J connectivity index is 2.72. The minimum absolute atomic E-state index is 0.0384. The number of anilines is 1. The van der Waals surface area contributed by atoms with Gasteiger partial charge in [0.1, 0.15) is 5.75 Å². The molecule has 15 heavy (non-hydrogen) atoms. The standard InChI is InChI=1S/C9H9Br2NO3/c10-6-3-5(12)4-7(11)9(6)15-2-1-8(13)14/h3-4H,1-2,12H2,(H,13,14). The Morgan fingerprint density at radius 3 is 2.40 bits per heavy atom. The van der Waals surface area contributed by atoms with Gasteiger partial charge in [-0.1, -0.05) is 0 Å². The zero-order valence-corrected chi connectivity index (χ0v) is 10.8. The van der Waals surface area contributed by atoms with Crippen LogP contribution in [-0.2, 0) is 4.79 Å². The molecule has 0 aliphatic heterocycles. The highest BCUT2D eigenvalue weighted by Crippen LogP contribution is 2.35. The van der Waals surface area contributed by atoms with Crippen molar-refractivity contribution in [3.8, 4) is 5.75 Å².